The first-order chi connectivity index (χ1) is 8.83. The van der Waals surface area contributed by atoms with Crippen LogP contribution in [0.15, 0.2) is 54.9 Å². The molecule has 3 rings (SSSR count). The van der Waals surface area contributed by atoms with Gasteiger partial charge in [-0.2, -0.15) is 0 Å². The summed E-state index contributed by atoms with van der Waals surface area (Å²) in [6.45, 7) is 0. The van der Waals surface area contributed by atoms with E-state index < -0.39 is 0 Å². The molecule has 0 amide bonds. The van der Waals surface area contributed by atoms with Gasteiger partial charge < -0.3 is 5.73 Å². The molecule has 2 N–H and O–H groups in total. The third-order valence-corrected chi connectivity index (χ3v) is 2.95. The quantitative estimate of drug-likeness (QED) is 0.695. The van der Waals surface area contributed by atoms with Crippen LogP contribution < -0.4 is 5.73 Å². The smallest absolute Gasteiger partial charge is 0.116 e. The van der Waals surface area contributed by atoms with Crippen molar-refractivity contribution in [2.75, 3.05) is 5.73 Å². The molecule has 0 bridgehead atoms. The second-order valence-corrected chi connectivity index (χ2v) is 4.26. The standard InChI is InChI=1S/C15H13N3/c16-12-5-3-4-11(8-12)9-15-13-6-1-2-7-14(13)17-10-18-15/h1-8,10H,9,16H2. The van der Waals surface area contributed by atoms with Crippen LogP contribution >= 0.6 is 0 Å². The minimum absolute atomic E-state index is 0.772. The Kier molecular flexibility index (Phi) is 2.65. The molecule has 0 aliphatic heterocycles. The van der Waals surface area contributed by atoms with Gasteiger partial charge in [-0.15, -0.1) is 0 Å². The fourth-order valence-corrected chi connectivity index (χ4v) is 2.10. The highest BCUT2D eigenvalue weighted by atomic mass is 14.8. The summed E-state index contributed by atoms with van der Waals surface area (Å²) in [5.74, 6) is 0. The Balaban J connectivity index is 2.05. The number of anilines is 1. The summed E-state index contributed by atoms with van der Waals surface area (Å²) in [4.78, 5) is 8.65. The minimum Gasteiger partial charge on any atom is -0.399 e. The lowest BCUT2D eigenvalue weighted by Crippen LogP contribution is -1.96. The fraction of sp³-hybridized carbons (Fsp3) is 0.0667. The van der Waals surface area contributed by atoms with Gasteiger partial charge in [0.05, 0.1) is 11.2 Å². The molecule has 88 valence electrons. The number of hydrogen-bond donors (Lipinski definition) is 1. The highest BCUT2D eigenvalue weighted by Crippen LogP contribution is 2.18. The zero-order valence-corrected chi connectivity index (χ0v) is 9.88. The summed E-state index contributed by atoms with van der Waals surface area (Å²) >= 11 is 0. The summed E-state index contributed by atoms with van der Waals surface area (Å²) in [5.41, 5.74) is 9.75. The Bertz CT molecular complexity index is 687. The zero-order valence-electron chi connectivity index (χ0n) is 9.88. The lowest BCUT2D eigenvalue weighted by molar-refractivity contribution is 1.06. The van der Waals surface area contributed by atoms with Crippen LogP contribution in [0.4, 0.5) is 5.69 Å². The second kappa shape index (κ2) is 4.45. The van der Waals surface area contributed by atoms with Crippen molar-refractivity contribution in [3.05, 3.63) is 66.1 Å². The minimum atomic E-state index is 0.772. The molecule has 0 fully saturated rings. The number of fused-ring (bicyclic) bond motifs is 1. The average Bonchev–Trinajstić information content (AvgIpc) is 2.39. The Morgan fingerprint density at radius 2 is 1.83 bits per heavy atom. The molecule has 0 saturated heterocycles. The van der Waals surface area contributed by atoms with Gasteiger partial charge in [-0.1, -0.05) is 30.3 Å². The van der Waals surface area contributed by atoms with Crippen LogP contribution in [0.5, 0.6) is 0 Å². The van der Waals surface area contributed by atoms with Gasteiger partial charge in [0, 0.05) is 17.5 Å². The molecular weight excluding hydrogens is 222 g/mol. The van der Waals surface area contributed by atoms with Gasteiger partial charge >= 0.3 is 0 Å². The Morgan fingerprint density at radius 3 is 2.72 bits per heavy atom. The summed E-state index contributed by atoms with van der Waals surface area (Å²) in [7, 11) is 0. The van der Waals surface area contributed by atoms with Gasteiger partial charge in [0.25, 0.3) is 0 Å². The predicted molar refractivity (Wildman–Crippen MR) is 73.2 cm³/mol. The van der Waals surface area contributed by atoms with Crippen molar-refractivity contribution in [1.82, 2.24) is 9.97 Å². The van der Waals surface area contributed by atoms with E-state index in [-0.39, 0.29) is 0 Å². The van der Waals surface area contributed by atoms with E-state index in [9.17, 15) is 0 Å². The molecule has 0 atom stereocenters. The van der Waals surface area contributed by atoms with E-state index in [0.717, 1.165) is 28.7 Å². The number of para-hydroxylation sites is 1. The van der Waals surface area contributed by atoms with Crippen molar-refractivity contribution in [2.24, 2.45) is 0 Å². The van der Waals surface area contributed by atoms with Crippen molar-refractivity contribution in [3.63, 3.8) is 0 Å². The van der Waals surface area contributed by atoms with Crippen molar-refractivity contribution < 1.29 is 0 Å². The van der Waals surface area contributed by atoms with Crippen LogP contribution in [0.1, 0.15) is 11.3 Å². The van der Waals surface area contributed by atoms with Crippen molar-refractivity contribution in [3.8, 4) is 0 Å². The van der Waals surface area contributed by atoms with Gasteiger partial charge in [-0.05, 0) is 23.8 Å². The van der Waals surface area contributed by atoms with Crippen molar-refractivity contribution >= 4 is 16.6 Å². The maximum Gasteiger partial charge on any atom is 0.116 e. The maximum absolute atomic E-state index is 5.79. The number of nitrogen functional groups attached to an aromatic ring is 1. The highest BCUT2D eigenvalue weighted by molar-refractivity contribution is 5.80. The Hall–Kier alpha value is -2.42. The van der Waals surface area contributed by atoms with Crippen LogP contribution in [0.2, 0.25) is 0 Å². The third kappa shape index (κ3) is 2.02. The number of rotatable bonds is 2. The third-order valence-electron chi connectivity index (χ3n) is 2.95. The van der Waals surface area contributed by atoms with E-state index in [2.05, 4.69) is 22.1 Å². The molecule has 0 saturated carbocycles. The monoisotopic (exact) mass is 235 g/mol. The molecule has 0 spiro atoms. The van der Waals surface area contributed by atoms with Gasteiger partial charge in [0.2, 0.25) is 0 Å². The van der Waals surface area contributed by atoms with E-state index in [0.29, 0.717) is 0 Å². The molecular formula is C15H13N3. The molecule has 18 heavy (non-hydrogen) atoms. The molecule has 0 radical (unpaired) electrons. The molecule has 2 aromatic carbocycles. The molecule has 0 aliphatic carbocycles. The normalized spacial score (nSPS) is 10.7. The molecule has 0 unspecified atom stereocenters. The number of aromatic nitrogens is 2. The predicted octanol–water partition coefficient (Wildman–Crippen LogP) is 2.80. The van der Waals surface area contributed by atoms with Crippen LogP contribution in [-0.4, -0.2) is 9.97 Å². The summed E-state index contributed by atoms with van der Waals surface area (Å²) in [5, 5.41) is 1.10. The summed E-state index contributed by atoms with van der Waals surface area (Å²) in [6, 6.07) is 15.9. The van der Waals surface area contributed by atoms with E-state index in [4.69, 9.17) is 5.73 Å². The van der Waals surface area contributed by atoms with Gasteiger partial charge in [0.1, 0.15) is 6.33 Å². The number of hydrogen-bond acceptors (Lipinski definition) is 3. The second-order valence-electron chi connectivity index (χ2n) is 4.26. The van der Waals surface area contributed by atoms with Crippen LogP contribution in [0.25, 0.3) is 10.9 Å². The summed E-state index contributed by atoms with van der Waals surface area (Å²) in [6.07, 6.45) is 2.39. The lowest BCUT2D eigenvalue weighted by Gasteiger charge is -2.05. The van der Waals surface area contributed by atoms with Crippen LogP contribution in [0.3, 0.4) is 0 Å². The SMILES string of the molecule is Nc1cccc(Cc2ncnc3ccccc23)c1. The van der Waals surface area contributed by atoms with Crippen LogP contribution in [0, 0.1) is 0 Å². The van der Waals surface area contributed by atoms with E-state index >= 15 is 0 Å². The Labute approximate surface area is 105 Å². The molecule has 1 aromatic heterocycles. The molecule has 1 heterocycles. The molecule has 3 aromatic rings. The molecule has 3 nitrogen and oxygen atoms in total. The topological polar surface area (TPSA) is 51.8 Å². The summed E-state index contributed by atoms with van der Waals surface area (Å²) < 4.78 is 0. The van der Waals surface area contributed by atoms with E-state index in [1.165, 1.54) is 5.56 Å². The first kappa shape index (κ1) is 10.7. The molecule has 3 heteroatoms. The van der Waals surface area contributed by atoms with E-state index in [1.807, 2.05) is 36.4 Å². The van der Waals surface area contributed by atoms with Crippen molar-refractivity contribution in [2.45, 2.75) is 6.42 Å². The fourth-order valence-electron chi connectivity index (χ4n) is 2.10. The number of benzene rings is 2. The van der Waals surface area contributed by atoms with E-state index in [1.54, 1.807) is 6.33 Å². The first-order valence-corrected chi connectivity index (χ1v) is 5.86. The average molecular weight is 235 g/mol. The largest absolute Gasteiger partial charge is 0.399 e. The number of nitrogens with two attached hydrogens (primary N) is 1. The zero-order chi connectivity index (χ0) is 12.4. The van der Waals surface area contributed by atoms with Gasteiger partial charge in [-0.25, -0.2) is 9.97 Å². The van der Waals surface area contributed by atoms with Gasteiger partial charge in [-0.3, -0.25) is 0 Å². The lowest BCUT2D eigenvalue weighted by atomic mass is 10.1. The molecule has 0 aliphatic rings. The highest BCUT2D eigenvalue weighted by Gasteiger charge is 2.04. The van der Waals surface area contributed by atoms with Crippen molar-refractivity contribution in [1.29, 1.82) is 0 Å². The van der Waals surface area contributed by atoms with Crippen LogP contribution in [-0.2, 0) is 6.42 Å². The maximum atomic E-state index is 5.79. The Morgan fingerprint density at radius 1 is 0.944 bits per heavy atom. The first-order valence-electron chi connectivity index (χ1n) is 5.86. The number of nitrogens with zero attached hydrogens (tertiary/aromatic N) is 2. The van der Waals surface area contributed by atoms with Gasteiger partial charge in [0.15, 0.2) is 0 Å².